The molecule has 1 aliphatic heterocycles. The van der Waals surface area contributed by atoms with Gasteiger partial charge in [-0.3, -0.25) is 0 Å². The minimum atomic E-state index is -0.339. The lowest BCUT2D eigenvalue weighted by atomic mass is 10.2. The number of hydrogen-bond acceptors (Lipinski definition) is 3. The van der Waals surface area contributed by atoms with Gasteiger partial charge in [-0.05, 0) is 18.2 Å². The lowest BCUT2D eigenvalue weighted by Gasteiger charge is -2.25. The molecule has 1 aliphatic rings. The quantitative estimate of drug-likeness (QED) is 0.818. The molecule has 3 nitrogen and oxygen atoms in total. The van der Waals surface area contributed by atoms with E-state index in [9.17, 15) is 0 Å². The normalized spacial score (nSPS) is 20.0. The molecule has 0 saturated heterocycles. The van der Waals surface area contributed by atoms with Crippen molar-refractivity contribution in [1.29, 1.82) is 0 Å². The van der Waals surface area contributed by atoms with E-state index in [0.29, 0.717) is 18.1 Å². The van der Waals surface area contributed by atoms with Gasteiger partial charge in [0.15, 0.2) is 0 Å². The number of hydrogen-bond donors (Lipinski definition) is 1. The van der Waals surface area contributed by atoms with E-state index in [-0.39, 0.29) is 12.9 Å². The van der Waals surface area contributed by atoms with E-state index >= 15 is 0 Å². The minimum absolute atomic E-state index is 0.0631. The van der Waals surface area contributed by atoms with E-state index in [1.54, 1.807) is 6.07 Å². The summed E-state index contributed by atoms with van der Waals surface area (Å²) in [5.41, 5.74) is 0.951. The highest BCUT2D eigenvalue weighted by Crippen LogP contribution is 2.29. The predicted octanol–water partition coefficient (Wildman–Crippen LogP) is 1.96. The van der Waals surface area contributed by atoms with Gasteiger partial charge in [-0.15, -0.1) is 0 Å². The summed E-state index contributed by atoms with van der Waals surface area (Å²) in [6.07, 6.45) is 0.149. The standard InChI is InChI=1S/C10H11ClO3/c11-8-1-2-9-7(5-8)6-13-10(14-9)3-4-12/h1-2,5,10,12H,3-4,6H2. The minimum Gasteiger partial charge on any atom is -0.464 e. The highest BCUT2D eigenvalue weighted by Gasteiger charge is 2.19. The van der Waals surface area contributed by atoms with Crippen LogP contribution in [0.2, 0.25) is 5.02 Å². The Bertz CT molecular complexity index is 327. The van der Waals surface area contributed by atoms with E-state index in [0.717, 1.165) is 11.3 Å². The van der Waals surface area contributed by atoms with Gasteiger partial charge in [0, 0.05) is 23.6 Å². The number of rotatable bonds is 2. The largest absolute Gasteiger partial charge is 0.464 e. The van der Waals surface area contributed by atoms with Gasteiger partial charge in [-0.2, -0.15) is 0 Å². The summed E-state index contributed by atoms with van der Waals surface area (Å²) in [5.74, 6) is 0.791. The molecule has 0 saturated carbocycles. The van der Waals surface area contributed by atoms with Crippen molar-refractivity contribution in [3.63, 3.8) is 0 Å². The Morgan fingerprint density at radius 1 is 1.50 bits per heavy atom. The van der Waals surface area contributed by atoms with Crippen LogP contribution in [-0.2, 0) is 11.3 Å². The maximum absolute atomic E-state index is 8.73. The fourth-order valence-corrected chi connectivity index (χ4v) is 1.58. The summed E-state index contributed by atoms with van der Waals surface area (Å²) in [4.78, 5) is 0. The molecule has 0 bridgehead atoms. The van der Waals surface area contributed by atoms with Crippen molar-refractivity contribution in [2.24, 2.45) is 0 Å². The van der Waals surface area contributed by atoms with Crippen LogP contribution in [0, 0.1) is 0 Å². The molecule has 0 spiro atoms. The van der Waals surface area contributed by atoms with Gasteiger partial charge < -0.3 is 14.6 Å². The topological polar surface area (TPSA) is 38.7 Å². The summed E-state index contributed by atoms with van der Waals surface area (Å²) in [6.45, 7) is 0.550. The summed E-state index contributed by atoms with van der Waals surface area (Å²) in [6, 6.07) is 5.43. The molecule has 0 fully saturated rings. The summed E-state index contributed by atoms with van der Waals surface area (Å²) in [5, 5.41) is 9.41. The lowest BCUT2D eigenvalue weighted by molar-refractivity contribution is -0.116. The van der Waals surface area contributed by atoms with Gasteiger partial charge in [-0.25, -0.2) is 0 Å². The fourth-order valence-electron chi connectivity index (χ4n) is 1.38. The van der Waals surface area contributed by atoms with Gasteiger partial charge in [0.1, 0.15) is 5.75 Å². The molecule has 0 aromatic heterocycles. The molecular weight excluding hydrogens is 204 g/mol. The highest BCUT2D eigenvalue weighted by molar-refractivity contribution is 6.30. The predicted molar refractivity (Wildman–Crippen MR) is 52.4 cm³/mol. The number of benzene rings is 1. The first-order valence-corrected chi connectivity index (χ1v) is 4.85. The Kier molecular flexibility index (Phi) is 2.91. The molecule has 1 atom stereocenters. The van der Waals surface area contributed by atoms with Crippen molar-refractivity contribution in [3.8, 4) is 5.75 Å². The van der Waals surface area contributed by atoms with Crippen LogP contribution >= 0.6 is 11.6 Å². The number of aliphatic hydroxyl groups excluding tert-OH is 1. The van der Waals surface area contributed by atoms with Crippen LogP contribution in [0.4, 0.5) is 0 Å². The maximum atomic E-state index is 8.73. The average Bonchev–Trinajstić information content (AvgIpc) is 2.19. The second-order valence-corrected chi connectivity index (χ2v) is 3.56. The average molecular weight is 215 g/mol. The monoisotopic (exact) mass is 214 g/mol. The first kappa shape index (κ1) is 9.77. The summed E-state index contributed by atoms with van der Waals surface area (Å²) < 4.78 is 10.8. The molecule has 0 aliphatic carbocycles. The fraction of sp³-hybridized carbons (Fsp3) is 0.400. The zero-order valence-corrected chi connectivity index (χ0v) is 8.33. The van der Waals surface area contributed by atoms with Crippen LogP contribution in [0.5, 0.6) is 5.75 Å². The van der Waals surface area contributed by atoms with Crippen molar-refractivity contribution in [2.45, 2.75) is 19.3 Å². The van der Waals surface area contributed by atoms with E-state index in [1.165, 1.54) is 0 Å². The number of halogens is 1. The molecule has 1 unspecified atom stereocenters. The Morgan fingerprint density at radius 3 is 3.14 bits per heavy atom. The third-order valence-corrected chi connectivity index (χ3v) is 2.31. The van der Waals surface area contributed by atoms with Gasteiger partial charge in [0.25, 0.3) is 0 Å². The van der Waals surface area contributed by atoms with Crippen LogP contribution in [0.15, 0.2) is 18.2 Å². The van der Waals surface area contributed by atoms with E-state index in [2.05, 4.69) is 0 Å². The van der Waals surface area contributed by atoms with Crippen LogP contribution in [-0.4, -0.2) is 18.0 Å². The van der Waals surface area contributed by atoms with Crippen molar-refractivity contribution >= 4 is 11.6 Å². The van der Waals surface area contributed by atoms with E-state index in [1.807, 2.05) is 12.1 Å². The SMILES string of the molecule is OCCC1OCc2cc(Cl)ccc2O1. The van der Waals surface area contributed by atoms with Crippen molar-refractivity contribution in [2.75, 3.05) is 6.61 Å². The Balaban J connectivity index is 2.15. The smallest absolute Gasteiger partial charge is 0.202 e. The number of ether oxygens (including phenoxy) is 2. The molecule has 14 heavy (non-hydrogen) atoms. The molecule has 1 N–H and O–H groups in total. The molecule has 4 heteroatoms. The van der Waals surface area contributed by atoms with Gasteiger partial charge in [0.05, 0.1) is 6.61 Å². The van der Waals surface area contributed by atoms with Crippen LogP contribution in [0.25, 0.3) is 0 Å². The molecule has 0 amide bonds. The molecule has 1 aromatic carbocycles. The van der Waals surface area contributed by atoms with Crippen molar-refractivity contribution in [1.82, 2.24) is 0 Å². The van der Waals surface area contributed by atoms with Crippen molar-refractivity contribution < 1.29 is 14.6 Å². The first-order chi connectivity index (χ1) is 6.79. The van der Waals surface area contributed by atoms with Crippen molar-refractivity contribution in [3.05, 3.63) is 28.8 Å². The van der Waals surface area contributed by atoms with Gasteiger partial charge in [-0.1, -0.05) is 11.6 Å². The molecule has 2 rings (SSSR count). The Hall–Kier alpha value is -0.770. The molecule has 76 valence electrons. The Morgan fingerprint density at radius 2 is 2.36 bits per heavy atom. The molecule has 1 heterocycles. The number of fused-ring (bicyclic) bond motifs is 1. The summed E-state index contributed by atoms with van der Waals surface area (Å²) >= 11 is 5.82. The molecule has 0 radical (unpaired) electrons. The van der Waals surface area contributed by atoms with E-state index < -0.39 is 0 Å². The highest BCUT2D eigenvalue weighted by atomic mass is 35.5. The van der Waals surface area contributed by atoms with Crippen LogP contribution in [0.1, 0.15) is 12.0 Å². The maximum Gasteiger partial charge on any atom is 0.202 e. The number of aliphatic hydroxyl groups is 1. The van der Waals surface area contributed by atoms with E-state index in [4.69, 9.17) is 26.2 Å². The van der Waals surface area contributed by atoms with Crippen LogP contribution < -0.4 is 4.74 Å². The summed E-state index contributed by atoms with van der Waals surface area (Å²) in [7, 11) is 0. The Labute approximate surface area is 87.2 Å². The lowest BCUT2D eigenvalue weighted by Crippen LogP contribution is -2.26. The second kappa shape index (κ2) is 4.17. The molecule has 1 aromatic rings. The second-order valence-electron chi connectivity index (χ2n) is 3.12. The molecular formula is C10H11ClO3. The third kappa shape index (κ3) is 2.00. The van der Waals surface area contributed by atoms with Gasteiger partial charge >= 0.3 is 0 Å². The van der Waals surface area contributed by atoms with Crippen LogP contribution in [0.3, 0.4) is 0 Å². The zero-order valence-electron chi connectivity index (χ0n) is 7.57. The zero-order chi connectivity index (χ0) is 9.97. The first-order valence-electron chi connectivity index (χ1n) is 4.47. The van der Waals surface area contributed by atoms with Gasteiger partial charge in [0.2, 0.25) is 6.29 Å². The third-order valence-electron chi connectivity index (χ3n) is 2.07.